The van der Waals surface area contributed by atoms with Gasteiger partial charge in [-0.05, 0) is 73.2 Å². The Morgan fingerprint density at radius 3 is 1.42 bits per heavy atom. The lowest BCUT2D eigenvalue weighted by Gasteiger charge is -2.06. The average Bonchev–Trinajstić information content (AvgIpc) is 2.75. The van der Waals surface area contributed by atoms with Gasteiger partial charge in [-0.2, -0.15) is 0 Å². The lowest BCUT2D eigenvalue weighted by molar-refractivity contribution is -0.112. The molecule has 0 heterocycles. The molecule has 1 saturated carbocycles. The van der Waals surface area contributed by atoms with Gasteiger partial charge in [-0.1, -0.05) is 24.3 Å². The Hall–Kier alpha value is -2.55. The first kappa shape index (κ1) is 16.3. The molecule has 24 heavy (non-hydrogen) atoms. The summed E-state index contributed by atoms with van der Waals surface area (Å²) in [5.74, 6) is -0.552. The molecule has 1 aliphatic carbocycles. The van der Waals surface area contributed by atoms with Crippen LogP contribution in [-0.4, -0.2) is 5.78 Å². The molecular weight excluding hydrogens is 306 g/mol. The van der Waals surface area contributed by atoms with Crippen molar-refractivity contribution < 1.29 is 13.6 Å². The monoisotopic (exact) mass is 324 g/mol. The summed E-state index contributed by atoms with van der Waals surface area (Å²) in [6.07, 6.45) is 7.00. The summed E-state index contributed by atoms with van der Waals surface area (Å²) in [7, 11) is 0. The molecule has 3 rings (SSSR count). The Balaban J connectivity index is 1.90. The van der Waals surface area contributed by atoms with Crippen LogP contribution in [-0.2, 0) is 4.79 Å². The number of Topliss-reactive ketones (excluding diaryl/α,β-unsaturated/α-hetero) is 1. The summed E-state index contributed by atoms with van der Waals surface area (Å²) in [6, 6.07) is 12.2. The van der Waals surface area contributed by atoms with Gasteiger partial charge in [0.25, 0.3) is 0 Å². The summed E-state index contributed by atoms with van der Waals surface area (Å²) >= 11 is 0. The predicted molar refractivity (Wildman–Crippen MR) is 92.2 cm³/mol. The van der Waals surface area contributed by atoms with Gasteiger partial charge in [-0.3, -0.25) is 4.79 Å². The van der Waals surface area contributed by atoms with Crippen LogP contribution in [0.3, 0.4) is 0 Å². The topological polar surface area (TPSA) is 17.1 Å². The molecule has 122 valence electrons. The number of allylic oxidation sites excluding steroid dienone is 2. The Morgan fingerprint density at radius 2 is 1.04 bits per heavy atom. The largest absolute Gasteiger partial charge is 0.289 e. The highest BCUT2D eigenvalue weighted by atomic mass is 19.1. The van der Waals surface area contributed by atoms with Crippen LogP contribution in [0, 0.1) is 11.6 Å². The van der Waals surface area contributed by atoms with Crippen molar-refractivity contribution >= 4 is 17.9 Å². The Kier molecular flexibility index (Phi) is 4.99. The fraction of sp³-hybridized carbons (Fsp3) is 0.190. The molecule has 0 atom stereocenters. The van der Waals surface area contributed by atoms with E-state index >= 15 is 0 Å². The van der Waals surface area contributed by atoms with E-state index in [1.165, 1.54) is 24.3 Å². The molecule has 1 nitrogen and oxygen atoms in total. The molecule has 1 aliphatic rings. The molecule has 0 N–H and O–H groups in total. The van der Waals surface area contributed by atoms with E-state index in [1.54, 1.807) is 24.3 Å². The number of hydrogen-bond donors (Lipinski definition) is 0. The van der Waals surface area contributed by atoms with Crippen LogP contribution >= 0.6 is 0 Å². The molecule has 0 unspecified atom stereocenters. The van der Waals surface area contributed by atoms with Gasteiger partial charge >= 0.3 is 0 Å². The lowest BCUT2D eigenvalue weighted by Crippen LogP contribution is -2.04. The van der Waals surface area contributed by atoms with E-state index < -0.39 is 0 Å². The van der Waals surface area contributed by atoms with Crippen molar-refractivity contribution in [3.63, 3.8) is 0 Å². The van der Waals surface area contributed by atoms with Crippen molar-refractivity contribution in [2.45, 2.75) is 25.7 Å². The second-order valence-electron chi connectivity index (χ2n) is 5.98. The molecule has 0 amide bonds. The van der Waals surface area contributed by atoms with Gasteiger partial charge in [0.05, 0.1) is 0 Å². The van der Waals surface area contributed by atoms with Crippen molar-refractivity contribution in [3.05, 3.63) is 82.4 Å². The van der Waals surface area contributed by atoms with Gasteiger partial charge < -0.3 is 0 Å². The highest BCUT2D eigenvalue weighted by molar-refractivity contribution is 6.13. The second-order valence-corrected chi connectivity index (χ2v) is 5.98. The van der Waals surface area contributed by atoms with Crippen LogP contribution < -0.4 is 0 Å². The van der Waals surface area contributed by atoms with Crippen LogP contribution in [0.4, 0.5) is 8.78 Å². The van der Waals surface area contributed by atoms with Crippen molar-refractivity contribution in [2.75, 3.05) is 0 Å². The number of carbonyl (C=O) groups excluding carboxylic acids is 1. The number of hydrogen-bond acceptors (Lipinski definition) is 1. The van der Waals surface area contributed by atoms with E-state index in [0.29, 0.717) is 0 Å². The maximum Gasteiger partial charge on any atom is 0.185 e. The fourth-order valence-electron chi connectivity index (χ4n) is 2.86. The zero-order chi connectivity index (χ0) is 16.9. The van der Waals surface area contributed by atoms with Crippen molar-refractivity contribution in [2.24, 2.45) is 0 Å². The molecule has 3 heteroatoms. The minimum absolute atomic E-state index is 0.0288. The van der Waals surface area contributed by atoms with Gasteiger partial charge in [-0.15, -0.1) is 0 Å². The quantitative estimate of drug-likeness (QED) is 0.521. The van der Waals surface area contributed by atoms with E-state index in [2.05, 4.69) is 0 Å². The van der Waals surface area contributed by atoms with Crippen molar-refractivity contribution in [1.82, 2.24) is 0 Å². The van der Waals surface area contributed by atoms with Crippen LogP contribution in [0.15, 0.2) is 59.7 Å². The van der Waals surface area contributed by atoms with Gasteiger partial charge in [0.15, 0.2) is 5.78 Å². The van der Waals surface area contributed by atoms with Crippen LogP contribution in [0.5, 0.6) is 0 Å². The summed E-state index contributed by atoms with van der Waals surface area (Å²) < 4.78 is 26.0. The minimum atomic E-state index is -0.291. The molecule has 2 aromatic carbocycles. The second kappa shape index (κ2) is 7.35. The first-order chi connectivity index (χ1) is 11.6. The standard InChI is InChI=1S/C21H18F2O/c22-19-9-5-15(6-10-19)13-17-3-1-2-4-18(21(17)24)14-16-7-11-20(23)12-8-16/h5-14H,1-4H2. The summed E-state index contributed by atoms with van der Waals surface area (Å²) in [4.78, 5) is 12.8. The van der Waals surface area contributed by atoms with Crippen LogP contribution in [0.1, 0.15) is 36.8 Å². The lowest BCUT2D eigenvalue weighted by atomic mass is 9.98. The smallest absolute Gasteiger partial charge is 0.185 e. The van der Waals surface area contributed by atoms with Crippen molar-refractivity contribution in [3.8, 4) is 0 Å². The molecule has 0 bridgehead atoms. The minimum Gasteiger partial charge on any atom is -0.289 e. The Morgan fingerprint density at radius 1 is 0.667 bits per heavy atom. The van der Waals surface area contributed by atoms with E-state index in [-0.39, 0.29) is 17.4 Å². The maximum atomic E-state index is 13.0. The first-order valence-electron chi connectivity index (χ1n) is 8.09. The van der Waals surface area contributed by atoms with Gasteiger partial charge in [0.1, 0.15) is 11.6 Å². The third-order valence-corrected chi connectivity index (χ3v) is 4.15. The molecule has 0 radical (unpaired) electrons. The number of benzene rings is 2. The highest BCUT2D eigenvalue weighted by Crippen LogP contribution is 2.27. The normalized spacial score (nSPS) is 18.8. The number of rotatable bonds is 2. The number of ketones is 1. The molecule has 0 spiro atoms. The predicted octanol–water partition coefficient (Wildman–Crippen LogP) is 5.57. The third kappa shape index (κ3) is 4.05. The van der Waals surface area contributed by atoms with Gasteiger partial charge in [0, 0.05) is 11.1 Å². The molecule has 0 aromatic heterocycles. The van der Waals surface area contributed by atoms with Gasteiger partial charge in [-0.25, -0.2) is 8.78 Å². The van der Waals surface area contributed by atoms with E-state index in [0.717, 1.165) is 48.0 Å². The van der Waals surface area contributed by atoms with Crippen LogP contribution in [0.25, 0.3) is 12.2 Å². The summed E-state index contributed by atoms with van der Waals surface area (Å²) in [5, 5.41) is 0. The maximum absolute atomic E-state index is 13.0. The van der Waals surface area contributed by atoms with Gasteiger partial charge in [0.2, 0.25) is 0 Å². The van der Waals surface area contributed by atoms with E-state index in [9.17, 15) is 13.6 Å². The Bertz CT molecular complexity index is 716. The summed E-state index contributed by atoms with van der Waals surface area (Å²) in [5.41, 5.74) is 3.13. The van der Waals surface area contributed by atoms with E-state index in [1.807, 2.05) is 12.2 Å². The van der Waals surface area contributed by atoms with E-state index in [4.69, 9.17) is 0 Å². The number of halogens is 2. The SMILES string of the molecule is O=C1C(=Cc2ccc(F)cc2)CCCCC1=Cc1ccc(F)cc1. The zero-order valence-electron chi connectivity index (χ0n) is 13.3. The zero-order valence-corrected chi connectivity index (χ0v) is 13.3. The van der Waals surface area contributed by atoms with Crippen LogP contribution in [0.2, 0.25) is 0 Å². The first-order valence-corrected chi connectivity index (χ1v) is 8.09. The third-order valence-electron chi connectivity index (χ3n) is 4.15. The Labute approximate surface area is 140 Å². The number of carbonyl (C=O) groups is 1. The highest BCUT2D eigenvalue weighted by Gasteiger charge is 2.18. The summed E-state index contributed by atoms with van der Waals surface area (Å²) in [6.45, 7) is 0. The average molecular weight is 324 g/mol. The molecular formula is C21H18F2O. The molecule has 0 aliphatic heterocycles. The fourth-order valence-corrected chi connectivity index (χ4v) is 2.86. The molecule has 2 aromatic rings. The molecule has 1 fully saturated rings. The molecule has 0 saturated heterocycles. The van der Waals surface area contributed by atoms with Crippen molar-refractivity contribution in [1.29, 1.82) is 0 Å².